The van der Waals surface area contributed by atoms with Crippen LogP contribution in [0.15, 0.2) is 48.7 Å². The van der Waals surface area contributed by atoms with Gasteiger partial charge < -0.3 is 19.9 Å². The van der Waals surface area contributed by atoms with E-state index in [1.54, 1.807) is 0 Å². The van der Waals surface area contributed by atoms with Crippen LogP contribution in [0.4, 0.5) is 5.69 Å². The molecule has 0 saturated carbocycles. The molecule has 32 heavy (non-hydrogen) atoms. The van der Waals surface area contributed by atoms with Gasteiger partial charge in [0.2, 0.25) is 12.3 Å². The fraction of sp³-hybridized carbons (Fsp3) is 0.520. The maximum Gasteiger partial charge on any atom is 0.215 e. The van der Waals surface area contributed by atoms with Crippen molar-refractivity contribution in [3.05, 3.63) is 54.2 Å². The second kappa shape index (κ2) is 9.88. The molecule has 7 nitrogen and oxygen atoms in total. The monoisotopic (exact) mass is 435 g/mol. The van der Waals surface area contributed by atoms with E-state index in [2.05, 4.69) is 56.5 Å². The number of nitrogens with zero attached hydrogens (tertiary/aromatic N) is 4. The highest BCUT2D eigenvalue weighted by atomic mass is 16.5. The number of rotatable bonds is 8. The van der Waals surface area contributed by atoms with Crippen LogP contribution < -0.4 is 15.0 Å². The van der Waals surface area contributed by atoms with Gasteiger partial charge in [0.25, 0.3) is 0 Å². The summed E-state index contributed by atoms with van der Waals surface area (Å²) < 4.78 is 6.06. The first-order valence-electron chi connectivity index (χ1n) is 11.9. The minimum Gasteiger partial charge on any atom is -0.476 e. The van der Waals surface area contributed by atoms with Gasteiger partial charge in [-0.3, -0.25) is 9.69 Å². The van der Waals surface area contributed by atoms with Gasteiger partial charge in [0.05, 0.1) is 0 Å². The number of nitrogens with one attached hydrogen (secondary N) is 1. The third-order valence-corrected chi connectivity index (χ3v) is 7.12. The molecule has 2 bridgehead atoms. The van der Waals surface area contributed by atoms with Crippen molar-refractivity contribution in [1.29, 1.82) is 0 Å². The molecule has 3 aliphatic heterocycles. The standard InChI is InChI=1S/C25H33N5O2/c31-19-29-11-10-28(18-24(29)14-20-4-2-1-3-5-20)12-13-32-25-15-21(8-9-27-25)30-22-6-7-23(30)17-26-16-22/h1-5,8-9,15,19,22-24,26H,6-7,10-14,16-18H2. The van der Waals surface area contributed by atoms with Gasteiger partial charge in [0.15, 0.2) is 0 Å². The highest BCUT2D eigenvalue weighted by Gasteiger charge is 2.36. The van der Waals surface area contributed by atoms with Gasteiger partial charge in [-0.1, -0.05) is 30.3 Å². The van der Waals surface area contributed by atoms with Gasteiger partial charge in [-0.2, -0.15) is 0 Å². The molecule has 170 valence electrons. The van der Waals surface area contributed by atoms with Gasteiger partial charge in [-0.05, 0) is 30.9 Å². The van der Waals surface area contributed by atoms with Crippen LogP contribution in [0.25, 0.3) is 0 Å². The smallest absolute Gasteiger partial charge is 0.215 e. The van der Waals surface area contributed by atoms with E-state index in [1.807, 2.05) is 17.2 Å². The number of ether oxygens (including phenoxy) is 1. The molecule has 3 saturated heterocycles. The molecule has 4 heterocycles. The van der Waals surface area contributed by atoms with Crippen molar-refractivity contribution in [2.75, 3.05) is 50.8 Å². The third-order valence-electron chi connectivity index (χ3n) is 7.12. The fourth-order valence-corrected chi connectivity index (χ4v) is 5.46. The Kier molecular flexibility index (Phi) is 6.55. The van der Waals surface area contributed by atoms with Crippen LogP contribution >= 0.6 is 0 Å². The number of hydrogen-bond donors (Lipinski definition) is 1. The van der Waals surface area contributed by atoms with Crippen LogP contribution in [0.2, 0.25) is 0 Å². The van der Waals surface area contributed by atoms with Crippen molar-refractivity contribution in [2.24, 2.45) is 0 Å². The lowest BCUT2D eigenvalue weighted by Gasteiger charge is -2.39. The summed E-state index contributed by atoms with van der Waals surface area (Å²) in [5.41, 5.74) is 2.50. The highest BCUT2D eigenvalue weighted by molar-refractivity contribution is 5.52. The number of benzene rings is 1. The Morgan fingerprint density at radius 3 is 2.69 bits per heavy atom. The van der Waals surface area contributed by atoms with E-state index in [-0.39, 0.29) is 6.04 Å². The van der Waals surface area contributed by atoms with Crippen LogP contribution in [-0.4, -0.2) is 85.2 Å². The summed E-state index contributed by atoms with van der Waals surface area (Å²) in [5.74, 6) is 0.702. The van der Waals surface area contributed by atoms with E-state index in [4.69, 9.17) is 4.74 Å². The van der Waals surface area contributed by atoms with Crippen LogP contribution in [0.1, 0.15) is 18.4 Å². The Labute approximate surface area is 190 Å². The average Bonchev–Trinajstić information content (AvgIpc) is 3.08. The minimum absolute atomic E-state index is 0.202. The molecule has 0 spiro atoms. The summed E-state index contributed by atoms with van der Waals surface area (Å²) in [7, 11) is 0. The van der Waals surface area contributed by atoms with Crippen molar-refractivity contribution < 1.29 is 9.53 Å². The topological polar surface area (TPSA) is 60.9 Å². The molecule has 1 aromatic heterocycles. The Hall–Kier alpha value is -2.64. The molecule has 3 atom stereocenters. The Balaban J connectivity index is 1.15. The molecule has 1 aromatic carbocycles. The summed E-state index contributed by atoms with van der Waals surface area (Å²) in [6.45, 7) is 6.07. The zero-order valence-corrected chi connectivity index (χ0v) is 18.6. The van der Waals surface area contributed by atoms with Gasteiger partial charge in [-0.15, -0.1) is 0 Å². The van der Waals surface area contributed by atoms with Crippen LogP contribution in [0.3, 0.4) is 0 Å². The maximum atomic E-state index is 11.5. The number of carbonyl (C=O) groups excluding carboxylic acids is 1. The van der Waals surface area contributed by atoms with E-state index in [9.17, 15) is 4.79 Å². The van der Waals surface area contributed by atoms with E-state index >= 15 is 0 Å². The molecule has 1 N–H and O–H groups in total. The van der Waals surface area contributed by atoms with Crippen LogP contribution in [0.5, 0.6) is 5.88 Å². The highest BCUT2D eigenvalue weighted by Crippen LogP contribution is 2.33. The maximum absolute atomic E-state index is 11.5. The fourth-order valence-electron chi connectivity index (χ4n) is 5.46. The molecule has 3 fully saturated rings. The average molecular weight is 436 g/mol. The first kappa shape index (κ1) is 21.2. The van der Waals surface area contributed by atoms with Gasteiger partial charge in [-0.25, -0.2) is 4.98 Å². The molecular weight excluding hydrogens is 402 g/mol. The second-order valence-corrected chi connectivity index (χ2v) is 9.14. The van der Waals surface area contributed by atoms with Gasteiger partial charge >= 0.3 is 0 Å². The molecular formula is C25H33N5O2. The van der Waals surface area contributed by atoms with Crippen molar-refractivity contribution in [3.8, 4) is 5.88 Å². The van der Waals surface area contributed by atoms with Crippen LogP contribution in [-0.2, 0) is 11.2 Å². The summed E-state index contributed by atoms with van der Waals surface area (Å²) >= 11 is 0. The predicted octanol–water partition coefficient (Wildman–Crippen LogP) is 1.79. The zero-order valence-electron chi connectivity index (χ0n) is 18.6. The van der Waals surface area contributed by atoms with Crippen molar-refractivity contribution in [2.45, 2.75) is 37.4 Å². The molecule has 0 aliphatic carbocycles. The van der Waals surface area contributed by atoms with Crippen molar-refractivity contribution in [3.63, 3.8) is 0 Å². The number of pyridine rings is 1. The van der Waals surface area contributed by atoms with Crippen molar-refractivity contribution in [1.82, 2.24) is 20.1 Å². The number of fused-ring (bicyclic) bond motifs is 2. The molecule has 3 unspecified atom stereocenters. The molecule has 7 heteroatoms. The number of carbonyl (C=O) groups is 1. The number of aromatic nitrogens is 1. The first-order chi connectivity index (χ1) is 15.8. The molecule has 0 radical (unpaired) electrons. The van der Waals surface area contributed by atoms with E-state index < -0.39 is 0 Å². The number of anilines is 1. The predicted molar refractivity (Wildman–Crippen MR) is 125 cm³/mol. The SMILES string of the molecule is O=CN1CCN(CCOc2cc(N3C4CCC3CNC4)ccn2)CC1Cc1ccccc1. The summed E-state index contributed by atoms with van der Waals surface area (Å²) in [6.07, 6.45) is 6.26. The van der Waals surface area contributed by atoms with Crippen LogP contribution in [0, 0.1) is 0 Å². The number of amides is 1. The third kappa shape index (κ3) is 4.74. The number of piperazine rings is 2. The lowest BCUT2D eigenvalue weighted by atomic mass is 10.0. The Morgan fingerprint density at radius 2 is 1.91 bits per heavy atom. The van der Waals surface area contributed by atoms with Gasteiger partial charge in [0, 0.05) is 75.3 Å². The van der Waals surface area contributed by atoms with E-state index in [0.717, 1.165) is 52.1 Å². The van der Waals surface area contributed by atoms with Gasteiger partial charge in [0.1, 0.15) is 6.61 Å². The lowest BCUT2D eigenvalue weighted by molar-refractivity contribution is -0.122. The molecule has 3 aliphatic rings. The minimum atomic E-state index is 0.202. The molecule has 2 aromatic rings. The summed E-state index contributed by atoms with van der Waals surface area (Å²) in [5, 5.41) is 3.54. The van der Waals surface area contributed by atoms with Crippen molar-refractivity contribution >= 4 is 12.1 Å². The summed E-state index contributed by atoms with van der Waals surface area (Å²) in [6, 6.07) is 16.0. The zero-order chi connectivity index (χ0) is 21.8. The lowest BCUT2D eigenvalue weighted by Crippen LogP contribution is -2.54. The largest absolute Gasteiger partial charge is 0.476 e. The quantitative estimate of drug-likeness (QED) is 0.638. The van der Waals surface area contributed by atoms with E-state index in [0.29, 0.717) is 24.6 Å². The summed E-state index contributed by atoms with van der Waals surface area (Å²) in [4.78, 5) is 22.9. The number of hydrogen-bond acceptors (Lipinski definition) is 6. The second-order valence-electron chi connectivity index (χ2n) is 9.14. The molecule has 1 amide bonds. The van der Waals surface area contributed by atoms with E-state index in [1.165, 1.54) is 24.1 Å². The molecule has 5 rings (SSSR count). The Morgan fingerprint density at radius 1 is 1.09 bits per heavy atom. The normalized spacial score (nSPS) is 25.7. The first-order valence-corrected chi connectivity index (χ1v) is 11.9. The Bertz CT molecular complexity index is 879.